The van der Waals surface area contributed by atoms with Crippen LogP contribution in [0.15, 0.2) is 41.6 Å². The maximum atomic E-state index is 13.5. The SMILES string of the molecule is CC1(C)CCN(c2ccc(Cl)cc2OC2(C(=O)NS(=O)(=O)c3ncccc3N3CC4CCC(C3)O4)CC2)CC1. The molecule has 1 N–H and O–H groups in total. The van der Waals surface area contributed by atoms with Crippen LogP contribution in [0.3, 0.4) is 0 Å². The topological polar surface area (TPSA) is 101 Å². The molecule has 1 aromatic heterocycles. The van der Waals surface area contributed by atoms with Crippen molar-refractivity contribution in [2.75, 3.05) is 36.0 Å². The number of hydrogen-bond donors (Lipinski definition) is 1. The van der Waals surface area contributed by atoms with Gasteiger partial charge in [-0.15, -0.1) is 0 Å². The first-order valence-electron chi connectivity index (χ1n) is 13.7. The average Bonchev–Trinajstić information content (AvgIpc) is 3.61. The smallest absolute Gasteiger partial charge is 0.283 e. The molecule has 9 nitrogen and oxygen atoms in total. The number of pyridine rings is 1. The standard InChI is InChI=1S/C28H35ClN4O5S/c1-27(2)11-14-32(15-12-27)22-8-5-19(29)16-24(22)38-28(9-10-28)26(34)31-39(35,36)25-23(4-3-13-30-25)33-17-20-6-7-21(18-33)37-20/h3-5,8,13,16,20-21H,6-7,9-12,14-15,17-18H2,1-2H3,(H,31,34). The number of hydrogen-bond acceptors (Lipinski definition) is 8. The second-order valence-corrected chi connectivity index (χ2v) is 14.0. The van der Waals surface area contributed by atoms with Crippen molar-refractivity contribution < 1.29 is 22.7 Å². The minimum Gasteiger partial charge on any atom is -0.475 e. The van der Waals surface area contributed by atoms with E-state index >= 15 is 0 Å². The zero-order valence-electron chi connectivity index (χ0n) is 22.4. The number of sulfonamides is 1. The van der Waals surface area contributed by atoms with Crippen molar-refractivity contribution in [2.45, 2.75) is 75.2 Å². The number of morpholine rings is 1. The second-order valence-electron chi connectivity index (χ2n) is 12.0. The van der Waals surface area contributed by atoms with Crippen LogP contribution in [0.2, 0.25) is 5.02 Å². The molecule has 4 heterocycles. The first-order chi connectivity index (χ1) is 18.5. The Kier molecular flexibility index (Phi) is 6.71. The molecule has 0 spiro atoms. The van der Waals surface area contributed by atoms with E-state index in [-0.39, 0.29) is 22.6 Å². The van der Waals surface area contributed by atoms with Crippen molar-refractivity contribution in [1.29, 1.82) is 0 Å². The van der Waals surface area contributed by atoms with Crippen LogP contribution in [0.1, 0.15) is 52.4 Å². The Bertz CT molecular complexity index is 1360. The van der Waals surface area contributed by atoms with Gasteiger partial charge in [-0.25, -0.2) is 9.71 Å². The number of benzene rings is 1. The van der Waals surface area contributed by atoms with Crippen LogP contribution in [0.25, 0.3) is 0 Å². The summed E-state index contributed by atoms with van der Waals surface area (Å²) in [5.74, 6) is -0.193. The fraction of sp³-hybridized carbons (Fsp3) is 0.571. The molecule has 39 heavy (non-hydrogen) atoms. The van der Waals surface area contributed by atoms with E-state index in [1.165, 1.54) is 6.20 Å². The van der Waals surface area contributed by atoms with Crippen LogP contribution < -0.4 is 19.3 Å². The molecule has 2 atom stereocenters. The molecule has 2 unspecified atom stereocenters. The quantitative estimate of drug-likeness (QED) is 0.526. The summed E-state index contributed by atoms with van der Waals surface area (Å²) in [6, 6.07) is 8.88. The zero-order valence-corrected chi connectivity index (χ0v) is 23.9. The lowest BCUT2D eigenvalue weighted by atomic mass is 9.82. The first-order valence-corrected chi connectivity index (χ1v) is 15.6. The number of aromatic nitrogens is 1. The van der Waals surface area contributed by atoms with Crippen molar-refractivity contribution in [3.63, 3.8) is 0 Å². The summed E-state index contributed by atoms with van der Waals surface area (Å²) in [6.45, 7) is 7.45. The number of halogens is 1. The van der Waals surface area contributed by atoms with Gasteiger partial charge in [-0.2, -0.15) is 8.42 Å². The van der Waals surface area contributed by atoms with Crippen LogP contribution >= 0.6 is 11.6 Å². The Morgan fingerprint density at radius 3 is 2.41 bits per heavy atom. The normalized spacial score (nSPS) is 25.3. The van der Waals surface area contributed by atoms with Gasteiger partial charge in [0.1, 0.15) is 5.75 Å². The van der Waals surface area contributed by atoms with Gasteiger partial charge in [0, 0.05) is 56.3 Å². The molecule has 0 radical (unpaired) electrons. The predicted molar refractivity (Wildman–Crippen MR) is 149 cm³/mol. The molecular formula is C28H35ClN4O5S. The summed E-state index contributed by atoms with van der Waals surface area (Å²) in [6.07, 6.45) is 6.40. The number of piperidine rings is 1. The highest BCUT2D eigenvalue weighted by molar-refractivity contribution is 7.90. The number of carbonyl (C=O) groups excluding carboxylic acids is 1. The fourth-order valence-electron chi connectivity index (χ4n) is 5.79. The van der Waals surface area contributed by atoms with Gasteiger partial charge in [0.2, 0.25) is 0 Å². The van der Waals surface area contributed by atoms with Crippen LogP contribution in [-0.4, -0.2) is 63.3 Å². The lowest BCUT2D eigenvalue weighted by Crippen LogP contribution is -2.46. The predicted octanol–water partition coefficient (Wildman–Crippen LogP) is 4.15. The van der Waals surface area contributed by atoms with E-state index in [0.29, 0.717) is 42.4 Å². The third kappa shape index (κ3) is 5.43. The van der Waals surface area contributed by atoms with Crippen molar-refractivity contribution >= 4 is 38.9 Å². The zero-order chi connectivity index (χ0) is 27.4. The third-order valence-electron chi connectivity index (χ3n) is 8.42. The highest BCUT2D eigenvalue weighted by Gasteiger charge is 2.55. The molecule has 1 saturated carbocycles. The van der Waals surface area contributed by atoms with E-state index in [9.17, 15) is 13.2 Å². The van der Waals surface area contributed by atoms with Crippen molar-refractivity contribution in [3.05, 3.63) is 41.6 Å². The van der Waals surface area contributed by atoms with Gasteiger partial charge in [0.15, 0.2) is 10.6 Å². The van der Waals surface area contributed by atoms with E-state index in [1.807, 2.05) is 17.0 Å². The summed E-state index contributed by atoms with van der Waals surface area (Å²) in [5, 5.41) is 0.336. The van der Waals surface area contributed by atoms with Crippen molar-refractivity contribution in [3.8, 4) is 5.75 Å². The highest BCUT2D eigenvalue weighted by atomic mass is 35.5. The van der Waals surface area contributed by atoms with E-state index in [1.54, 1.807) is 18.2 Å². The Morgan fingerprint density at radius 1 is 1.05 bits per heavy atom. The van der Waals surface area contributed by atoms with Gasteiger partial charge < -0.3 is 19.3 Å². The minimum absolute atomic E-state index is 0.0788. The van der Waals surface area contributed by atoms with Gasteiger partial charge >= 0.3 is 0 Å². The van der Waals surface area contributed by atoms with Crippen LogP contribution in [-0.2, 0) is 19.6 Å². The van der Waals surface area contributed by atoms with E-state index in [4.69, 9.17) is 21.1 Å². The molecule has 210 valence electrons. The number of carbonyl (C=O) groups is 1. The lowest BCUT2D eigenvalue weighted by molar-refractivity contribution is -0.127. The molecular weight excluding hydrogens is 540 g/mol. The minimum atomic E-state index is -4.25. The summed E-state index contributed by atoms with van der Waals surface area (Å²) >= 11 is 6.32. The fourth-order valence-corrected chi connectivity index (χ4v) is 7.15. The molecule has 4 fully saturated rings. The largest absolute Gasteiger partial charge is 0.475 e. The Balaban J connectivity index is 1.21. The second kappa shape index (κ2) is 9.82. The van der Waals surface area contributed by atoms with Gasteiger partial charge in [-0.1, -0.05) is 25.4 Å². The van der Waals surface area contributed by atoms with Crippen LogP contribution in [0.4, 0.5) is 11.4 Å². The van der Waals surface area contributed by atoms with Crippen molar-refractivity contribution in [1.82, 2.24) is 9.71 Å². The average molecular weight is 575 g/mol. The molecule has 6 rings (SSSR count). The molecule has 11 heteroatoms. The highest BCUT2D eigenvalue weighted by Crippen LogP contribution is 2.45. The van der Waals surface area contributed by atoms with Crippen LogP contribution in [0, 0.1) is 5.41 Å². The number of amides is 1. The molecule has 3 saturated heterocycles. The molecule has 4 aliphatic rings. The first kappa shape index (κ1) is 26.7. The monoisotopic (exact) mass is 574 g/mol. The number of nitrogens with zero attached hydrogens (tertiary/aromatic N) is 3. The molecule has 3 aliphatic heterocycles. The van der Waals surface area contributed by atoms with E-state index in [0.717, 1.165) is 44.5 Å². The van der Waals surface area contributed by atoms with Gasteiger partial charge in [-0.05, 0) is 55.4 Å². The number of rotatable bonds is 7. The number of fused-ring (bicyclic) bond motifs is 2. The summed E-state index contributed by atoms with van der Waals surface area (Å²) in [4.78, 5) is 21.9. The van der Waals surface area contributed by atoms with Crippen LogP contribution in [0.5, 0.6) is 5.75 Å². The number of ether oxygens (including phenoxy) is 2. The van der Waals surface area contributed by atoms with Gasteiger partial charge in [0.25, 0.3) is 15.9 Å². The lowest BCUT2D eigenvalue weighted by Gasteiger charge is -2.39. The molecule has 1 amide bonds. The maximum absolute atomic E-state index is 13.5. The summed E-state index contributed by atoms with van der Waals surface area (Å²) in [7, 11) is -4.25. The van der Waals surface area contributed by atoms with E-state index in [2.05, 4.69) is 28.5 Å². The molecule has 2 aromatic rings. The molecule has 1 aromatic carbocycles. The summed E-state index contributed by atoms with van der Waals surface area (Å²) < 4.78 is 41.5. The molecule has 2 bridgehead atoms. The number of nitrogens with one attached hydrogen (secondary N) is 1. The Morgan fingerprint density at radius 2 is 1.74 bits per heavy atom. The maximum Gasteiger partial charge on any atom is 0.283 e. The van der Waals surface area contributed by atoms with E-state index < -0.39 is 21.5 Å². The molecule has 1 aliphatic carbocycles. The third-order valence-corrected chi connectivity index (χ3v) is 9.93. The van der Waals surface area contributed by atoms with Gasteiger partial charge in [0.05, 0.1) is 23.6 Å². The number of anilines is 2. The van der Waals surface area contributed by atoms with Crippen molar-refractivity contribution in [2.24, 2.45) is 5.41 Å². The summed E-state index contributed by atoms with van der Waals surface area (Å²) in [5.41, 5.74) is 0.356. The Labute approximate surface area is 234 Å². The van der Waals surface area contributed by atoms with Gasteiger partial charge in [-0.3, -0.25) is 4.79 Å². The Hall–Kier alpha value is -2.56.